The Kier molecular flexibility index (Phi) is 6.05. The van der Waals surface area contributed by atoms with Crippen molar-refractivity contribution in [1.29, 1.82) is 0 Å². The normalized spacial score (nSPS) is 11.8. The first-order valence-electron chi connectivity index (χ1n) is 7.76. The third kappa shape index (κ3) is 5.00. The molecule has 0 aliphatic heterocycles. The maximum atomic E-state index is 12.0. The number of hydrogen-bond donors (Lipinski definition) is 1. The number of ether oxygens (including phenoxy) is 1. The summed E-state index contributed by atoms with van der Waals surface area (Å²) in [7, 11) is 0. The van der Waals surface area contributed by atoms with E-state index in [4.69, 9.17) is 16.3 Å². The lowest BCUT2D eigenvalue weighted by Crippen LogP contribution is -2.31. The number of aryl methyl sites for hydroxylation is 2. The van der Waals surface area contributed by atoms with Crippen LogP contribution in [0.25, 0.3) is 0 Å². The Bertz CT molecular complexity index is 668. The predicted molar refractivity (Wildman–Crippen MR) is 94.1 cm³/mol. The van der Waals surface area contributed by atoms with E-state index in [9.17, 15) is 4.79 Å². The van der Waals surface area contributed by atoms with Gasteiger partial charge in [0.25, 0.3) is 5.91 Å². The summed E-state index contributed by atoms with van der Waals surface area (Å²) in [6.45, 7) is 5.97. The first-order valence-corrected chi connectivity index (χ1v) is 8.14. The highest BCUT2D eigenvalue weighted by Crippen LogP contribution is 2.21. The summed E-state index contributed by atoms with van der Waals surface area (Å²) < 4.78 is 5.51. The van der Waals surface area contributed by atoms with E-state index < -0.39 is 0 Å². The van der Waals surface area contributed by atoms with Crippen LogP contribution < -0.4 is 10.1 Å². The molecule has 23 heavy (non-hydrogen) atoms. The van der Waals surface area contributed by atoms with E-state index in [1.54, 1.807) is 12.1 Å². The molecule has 2 aromatic rings. The number of benzene rings is 2. The van der Waals surface area contributed by atoms with Gasteiger partial charge in [-0.15, -0.1) is 0 Å². The molecule has 0 aromatic heterocycles. The minimum absolute atomic E-state index is 0.0154. The van der Waals surface area contributed by atoms with E-state index in [1.807, 2.05) is 32.0 Å². The first kappa shape index (κ1) is 17.4. The second-order valence-corrected chi connectivity index (χ2v) is 5.99. The van der Waals surface area contributed by atoms with Gasteiger partial charge in [-0.25, -0.2) is 0 Å². The molecule has 0 fully saturated rings. The lowest BCUT2D eigenvalue weighted by Gasteiger charge is -2.15. The highest BCUT2D eigenvalue weighted by Gasteiger charge is 2.10. The number of carbonyl (C=O) groups is 1. The molecule has 0 bridgehead atoms. The van der Waals surface area contributed by atoms with Crippen LogP contribution in [0.3, 0.4) is 0 Å². The topological polar surface area (TPSA) is 38.3 Å². The molecule has 0 saturated heterocycles. The van der Waals surface area contributed by atoms with Gasteiger partial charge in [0, 0.05) is 5.02 Å². The highest BCUT2D eigenvalue weighted by molar-refractivity contribution is 6.31. The average molecular weight is 332 g/mol. The predicted octanol–water partition coefficient (Wildman–Crippen LogP) is 4.47. The van der Waals surface area contributed by atoms with Crippen LogP contribution >= 0.6 is 11.6 Å². The molecule has 2 rings (SSSR count). The average Bonchev–Trinajstić information content (AvgIpc) is 2.56. The fourth-order valence-electron chi connectivity index (χ4n) is 2.26. The summed E-state index contributed by atoms with van der Waals surface area (Å²) >= 11 is 5.97. The number of halogens is 1. The molecule has 0 spiro atoms. The molecule has 4 heteroatoms. The van der Waals surface area contributed by atoms with Gasteiger partial charge in [0.1, 0.15) is 5.75 Å². The molecule has 1 N–H and O–H groups in total. The standard InChI is InChI=1S/C19H22ClNO2/c1-4-15-5-7-16(8-6-15)14(3)21-19(22)12-23-17-9-10-18(20)13(2)11-17/h5-11,14H,4,12H2,1-3H3,(H,21,22)/t14-/m0/s1. The zero-order chi connectivity index (χ0) is 16.8. The van der Waals surface area contributed by atoms with Gasteiger partial charge in [0.15, 0.2) is 6.61 Å². The number of nitrogens with one attached hydrogen (secondary N) is 1. The lowest BCUT2D eigenvalue weighted by molar-refractivity contribution is -0.123. The second-order valence-electron chi connectivity index (χ2n) is 5.58. The minimum atomic E-state index is -0.148. The van der Waals surface area contributed by atoms with Gasteiger partial charge in [-0.1, -0.05) is 42.8 Å². The van der Waals surface area contributed by atoms with Crippen LogP contribution in [0.1, 0.15) is 36.6 Å². The Balaban J connectivity index is 1.86. The summed E-state index contributed by atoms with van der Waals surface area (Å²) in [5.74, 6) is 0.492. The minimum Gasteiger partial charge on any atom is -0.484 e. The molecule has 1 amide bonds. The third-order valence-corrected chi connectivity index (χ3v) is 4.19. The van der Waals surface area contributed by atoms with Gasteiger partial charge < -0.3 is 10.1 Å². The number of hydrogen-bond acceptors (Lipinski definition) is 2. The molecule has 0 heterocycles. The molecule has 122 valence electrons. The van der Waals surface area contributed by atoms with Crippen molar-refractivity contribution in [2.45, 2.75) is 33.2 Å². The first-order chi connectivity index (χ1) is 11.0. The summed E-state index contributed by atoms with van der Waals surface area (Å²) in [6, 6.07) is 13.6. The Morgan fingerprint density at radius 2 is 1.91 bits per heavy atom. The van der Waals surface area contributed by atoms with Crippen molar-refractivity contribution in [2.24, 2.45) is 0 Å². The fourth-order valence-corrected chi connectivity index (χ4v) is 2.38. The van der Waals surface area contributed by atoms with E-state index in [0.717, 1.165) is 17.5 Å². The smallest absolute Gasteiger partial charge is 0.258 e. The van der Waals surface area contributed by atoms with Crippen LogP contribution in [0.15, 0.2) is 42.5 Å². The van der Waals surface area contributed by atoms with E-state index in [1.165, 1.54) is 5.56 Å². The molecular formula is C19H22ClNO2. The van der Waals surface area contributed by atoms with E-state index in [2.05, 4.69) is 24.4 Å². The van der Waals surface area contributed by atoms with Crippen LogP contribution in [0, 0.1) is 6.92 Å². The Hall–Kier alpha value is -2.00. The Labute approximate surface area is 142 Å². The molecule has 3 nitrogen and oxygen atoms in total. The van der Waals surface area contributed by atoms with Crippen molar-refractivity contribution in [2.75, 3.05) is 6.61 Å². The molecular weight excluding hydrogens is 310 g/mol. The van der Waals surface area contributed by atoms with Crippen molar-refractivity contribution in [3.05, 3.63) is 64.2 Å². The van der Waals surface area contributed by atoms with E-state index in [-0.39, 0.29) is 18.6 Å². The third-order valence-electron chi connectivity index (χ3n) is 3.76. The second kappa shape index (κ2) is 8.02. The van der Waals surface area contributed by atoms with Crippen LogP contribution in [0.2, 0.25) is 5.02 Å². The Morgan fingerprint density at radius 1 is 1.22 bits per heavy atom. The van der Waals surface area contributed by atoms with Gasteiger partial charge in [0.2, 0.25) is 0 Å². The van der Waals surface area contributed by atoms with Crippen molar-refractivity contribution in [1.82, 2.24) is 5.32 Å². The van der Waals surface area contributed by atoms with Crippen LogP contribution in [-0.4, -0.2) is 12.5 Å². The molecule has 0 saturated carbocycles. The fraction of sp³-hybridized carbons (Fsp3) is 0.316. The van der Waals surface area contributed by atoms with Gasteiger partial charge in [-0.3, -0.25) is 4.79 Å². The lowest BCUT2D eigenvalue weighted by atomic mass is 10.1. The van der Waals surface area contributed by atoms with Crippen molar-refractivity contribution in [3.8, 4) is 5.75 Å². The number of amides is 1. The maximum Gasteiger partial charge on any atom is 0.258 e. The van der Waals surface area contributed by atoms with Gasteiger partial charge >= 0.3 is 0 Å². The van der Waals surface area contributed by atoms with Crippen LogP contribution in [0.5, 0.6) is 5.75 Å². The molecule has 0 aliphatic rings. The summed E-state index contributed by atoms with van der Waals surface area (Å²) in [5.41, 5.74) is 3.29. The molecule has 0 unspecified atom stereocenters. The Morgan fingerprint density at radius 3 is 2.52 bits per heavy atom. The van der Waals surface area contributed by atoms with Crippen molar-refractivity contribution in [3.63, 3.8) is 0 Å². The molecule has 0 aliphatic carbocycles. The molecule has 1 atom stereocenters. The summed E-state index contributed by atoms with van der Waals surface area (Å²) in [4.78, 5) is 12.0. The monoisotopic (exact) mass is 331 g/mol. The molecule has 2 aromatic carbocycles. The number of carbonyl (C=O) groups excluding carboxylic acids is 1. The van der Waals surface area contributed by atoms with Crippen LogP contribution in [-0.2, 0) is 11.2 Å². The quantitative estimate of drug-likeness (QED) is 0.848. The zero-order valence-corrected chi connectivity index (χ0v) is 14.5. The summed E-state index contributed by atoms with van der Waals surface area (Å²) in [6.07, 6.45) is 1.01. The van der Waals surface area contributed by atoms with Gasteiger partial charge in [-0.05, 0) is 55.2 Å². The number of rotatable bonds is 6. The molecule has 0 radical (unpaired) electrons. The SMILES string of the molecule is CCc1ccc([C@H](C)NC(=O)COc2ccc(Cl)c(C)c2)cc1. The van der Waals surface area contributed by atoms with Gasteiger partial charge in [-0.2, -0.15) is 0 Å². The van der Waals surface area contributed by atoms with E-state index >= 15 is 0 Å². The van der Waals surface area contributed by atoms with E-state index in [0.29, 0.717) is 10.8 Å². The van der Waals surface area contributed by atoms with Crippen molar-refractivity contribution < 1.29 is 9.53 Å². The largest absolute Gasteiger partial charge is 0.484 e. The zero-order valence-electron chi connectivity index (χ0n) is 13.7. The summed E-state index contributed by atoms with van der Waals surface area (Å²) in [5, 5.41) is 3.63. The maximum absolute atomic E-state index is 12.0. The highest BCUT2D eigenvalue weighted by atomic mass is 35.5. The van der Waals surface area contributed by atoms with Gasteiger partial charge in [0.05, 0.1) is 6.04 Å². The van der Waals surface area contributed by atoms with Crippen molar-refractivity contribution >= 4 is 17.5 Å². The van der Waals surface area contributed by atoms with Crippen LogP contribution in [0.4, 0.5) is 0 Å².